The maximum Gasteiger partial charge on any atom is 0.260 e. The molecule has 0 spiro atoms. The van der Waals surface area contributed by atoms with Gasteiger partial charge in [-0.15, -0.1) is 11.3 Å². The van der Waals surface area contributed by atoms with E-state index in [1.807, 2.05) is 34.1 Å². The molecule has 1 saturated heterocycles. The second-order valence-electron chi connectivity index (χ2n) is 9.60. The zero-order valence-corrected chi connectivity index (χ0v) is 22.7. The highest BCUT2D eigenvalue weighted by atomic mass is 35.5. The number of amides is 1. The lowest BCUT2D eigenvalue weighted by Crippen LogP contribution is -2.48. The Morgan fingerprint density at radius 1 is 1.08 bits per heavy atom. The van der Waals surface area contributed by atoms with Crippen LogP contribution in [0.25, 0.3) is 10.7 Å². The van der Waals surface area contributed by atoms with Crippen LogP contribution in [-0.4, -0.2) is 80.5 Å². The molecule has 0 bridgehead atoms. The molecule has 0 saturated carbocycles. The molecular weight excluding hydrogens is 534 g/mol. The molecule has 194 valence electrons. The van der Waals surface area contributed by atoms with Crippen molar-refractivity contribution in [2.75, 3.05) is 51.3 Å². The van der Waals surface area contributed by atoms with E-state index >= 15 is 0 Å². The van der Waals surface area contributed by atoms with Crippen molar-refractivity contribution in [3.05, 3.63) is 51.5 Å². The zero-order valence-electron chi connectivity index (χ0n) is 20.3. The average molecular weight is 560 g/mol. The molecule has 3 aromatic rings. The summed E-state index contributed by atoms with van der Waals surface area (Å²) in [6, 6.07) is 9.44. The number of nitrogens with zero attached hydrogens (tertiary/aromatic N) is 5. The van der Waals surface area contributed by atoms with Gasteiger partial charge >= 0.3 is 0 Å². The Hall–Kier alpha value is -2.73. The van der Waals surface area contributed by atoms with Crippen LogP contribution in [0.5, 0.6) is 5.75 Å². The second kappa shape index (κ2) is 9.54. The van der Waals surface area contributed by atoms with Crippen molar-refractivity contribution in [2.24, 2.45) is 0 Å². The van der Waals surface area contributed by atoms with E-state index in [0.717, 1.165) is 35.6 Å². The van der Waals surface area contributed by atoms with Crippen molar-refractivity contribution in [3.63, 3.8) is 0 Å². The Kier molecular flexibility index (Phi) is 6.34. The van der Waals surface area contributed by atoms with Gasteiger partial charge < -0.3 is 19.4 Å². The zero-order chi connectivity index (χ0) is 25.7. The van der Waals surface area contributed by atoms with Gasteiger partial charge in [0.2, 0.25) is 0 Å². The van der Waals surface area contributed by atoms with Crippen molar-refractivity contribution in [1.82, 2.24) is 19.8 Å². The largest absolute Gasteiger partial charge is 0.484 e. The first kappa shape index (κ1) is 24.6. The minimum atomic E-state index is -3.29. The number of carbonyl (C=O) groups excluding carboxylic acids is 1. The van der Waals surface area contributed by atoms with Gasteiger partial charge in [-0.2, -0.15) is 0 Å². The van der Waals surface area contributed by atoms with Gasteiger partial charge in [0.25, 0.3) is 5.91 Å². The van der Waals surface area contributed by atoms with Crippen molar-refractivity contribution in [1.29, 1.82) is 0 Å². The van der Waals surface area contributed by atoms with Gasteiger partial charge in [-0.25, -0.2) is 18.4 Å². The average Bonchev–Trinajstić information content (AvgIpc) is 3.57. The fraction of sp³-hybridized carbons (Fsp3) is 0.400. The number of hydrogen-bond acceptors (Lipinski definition) is 9. The van der Waals surface area contributed by atoms with Gasteiger partial charge in [0, 0.05) is 50.0 Å². The number of ether oxygens (including phenoxy) is 1. The number of piperazine rings is 1. The van der Waals surface area contributed by atoms with Crippen LogP contribution in [0, 0.1) is 0 Å². The first-order valence-corrected chi connectivity index (χ1v) is 15.1. The van der Waals surface area contributed by atoms with E-state index in [1.54, 1.807) is 6.07 Å². The van der Waals surface area contributed by atoms with Gasteiger partial charge in [0.05, 0.1) is 26.4 Å². The number of aromatic nitrogens is 2. The minimum absolute atomic E-state index is 0.0209. The van der Waals surface area contributed by atoms with Crippen molar-refractivity contribution >= 4 is 50.2 Å². The third kappa shape index (κ3) is 4.93. The molecule has 0 N–H and O–H groups in total. The summed E-state index contributed by atoms with van der Waals surface area (Å²) in [4.78, 5) is 29.0. The topological polar surface area (TPSA) is 95.9 Å². The summed E-state index contributed by atoms with van der Waals surface area (Å²) < 4.78 is 31.6. The summed E-state index contributed by atoms with van der Waals surface area (Å²) >= 11 is 7.51. The normalized spacial score (nSPS) is 18.6. The maximum absolute atomic E-state index is 12.7. The van der Waals surface area contributed by atoms with Crippen LogP contribution >= 0.6 is 22.9 Å². The van der Waals surface area contributed by atoms with E-state index in [0.29, 0.717) is 52.6 Å². The highest BCUT2D eigenvalue weighted by Crippen LogP contribution is 2.42. The Balaban J connectivity index is 1.29. The van der Waals surface area contributed by atoms with Crippen LogP contribution in [0.3, 0.4) is 0 Å². The lowest BCUT2D eigenvalue weighted by atomic mass is 10.1. The van der Waals surface area contributed by atoms with Crippen LogP contribution in [0.2, 0.25) is 4.34 Å². The number of halogens is 1. The van der Waals surface area contributed by atoms with Crippen LogP contribution < -0.4 is 9.64 Å². The van der Waals surface area contributed by atoms with E-state index in [4.69, 9.17) is 21.3 Å². The van der Waals surface area contributed by atoms with Crippen LogP contribution in [0.1, 0.15) is 16.8 Å². The molecule has 6 rings (SSSR count). The third-order valence-electron chi connectivity index (χ3n) is 7.01. The molecule has 5 heterocycles. The Labute approximate surface area is 224 Å². The number of anilines is 2. The van der Waals surface area contributed by atoms with Crippen molar-refractivity contribution < 1.29 is 17.9 Å². The predicted octanol–water partition coefficient (Wildman–Crippen LogP) is 3.13. The molecule has 2 aromatic heterocycles. The number of hydrogen-bond donors (Lipinski definition) is 0. The SMILES string of the molecule is CN1CCN(C(=O)COc2ccc3c(c2)N(c2nc(-c4ccc(Cl)s4)nc4c2CS(=O)(=O)C4)CC3)CC1. The fourth-order valence-corrected chi connectivity index (χ4v) is 7.46. The van der Waals surface area contributed by atoms with Crippen molar-refractivity contribution in [3.8, 4) is 16.5 Å². The number of sulfone groups is 1. The molecule has 0 unspecified atom stereocenters. The minimum Gasteiger partial charge on any atom is -0.484 e. The van der Waals surface area contributed by atoms with Gasteiger partial charge in [-0.05, 0) is 37.2 Å². The summed E-state index contributed by atoms with van der Waals surface area (Å²) in [7, 11) is -1.24. The molecule has 9 nitrogen and oxygen atoms in total. The monoisotopic (exact) mass is 559 g/mol. The van der Waals surface area contributed by atoms with Gasteiger partial charge in [0.15, 0.2) is 22.3 Å². The molecule has 3 aliphatic heterocycles. The summed E-state index contributed by atoms with van der Waals surface area (Å²) in [6.45, 7) is 3.77. The van der Waals surface area contributed by atoms with E-state index in [2.05, 4.69) is 16.9 Å². The maximum atomic E-state index is 12.7. The molecule has 0 radical (unpaired) electrons. The lowest BCUT2D eigenvalue weighted by molar-refractivity contribution is -0.134. The summed E-state index contributed by atoms with van der Waals surface area (Å²) in [6.07, 6.45) is 0.793. The molecule has 0 aliphatic carbocycles. The smallest absolute Gasteiger partial charge is 0.260 e. The first-order chi connectivity index (χ1) is 17.8. The van der Waals surface area contributed by atoms with Gasteiger partial charge in [-0.3, -0.25) is 4.79 Å². The number of benzene rings is 1. The highest BCUT2D eigenvalue weighted by Gasteiger charge is 2.34. The van der Waals surface area contributed by atoms with E-state index < -0.39 is 9.84 Å². The molecule has 1 aromatic carbocycles. The number of fused-ring (bicyclic) bond motifs is 2. The highest BCUT2D eigenvalue weighted by molar-refractivity contribution is 7.90. The second-order valence-corrected chi connectivity index (χ2v) is 13.4. The molecule has 1 fully saturated rings. The standard InChI is InChI=1S/C25H26ClN5O4S2/c1-29-8-10-30(11-9-29)23(32)13-35-17-3-2-16-6-7-31(20(16)12-17)25-18-14-37(33,34)15-19(18)27-24(28-25)21-4-5-22(26)36-21/h2-5,12H,6-11,13-15H2,1H3. The molecule has 37 heavy (non-hydrogen) atoms. The van der Waals surface area contributed by atoms with E-state index in [1.165, 1.54) is 11.3 Å². The van der Waals surface area contributed by atoms with E-state index in [9.17, 15) is 13.2 Å². The molecule has 1 amide bonds. The summed E-state index contributed by atoms with van der Waals surface area (Å²) in [5.41, 5.74) is 3.22. The van der Waals surface area contributed by atoms with Crippen molar-refractivity contribution in [2.45, 2.75) is 17.9 Å². The number of thiophene rings is 1. The van der Waals surface area contributed by atoms with Crippen LogP contribution in [0.4, 0.5) is 11.5 Å². The molecule has 0 atom stereocenters. The number of carbonyl (C=O) groups is 1. The van der Waals surface area contributed by atoms with Gasteiger partial charge in [0.1, 0.15) is 11.6 Å². The van der Waals surface area contributed by atoms with Crippen LogP contribution in [0.15, 0.2) is 30.3 Å². The summed E-state index contributed by atoms with van der Waals surface area (Å²) in [5.74, 6) is 1.48. The Morgan fingerprint density at radius 3 is 2.65 bits per heavy atom. The number of likely N-dealkylation sites (N-methyl/N-ethyl adjacent to an activating group) is 1. The lowest BCUT2D eigenvalue weighted by Gasteiger charge is -2.32. The predicted molar refractivity (Wildman–Crippen MR) is 143 cm³/mol. The fourth-order valence-electron chi connectivity index (χ4n) is 4.99. The van der Waals surface area contributed by atoms with Gasteiger partial charge in [-0.1, -0.05) is 17.7 Å². The Morgan fingerprint density at radius 2 is 1.89 bits per heavy atom. The summed E-state index contributed by atoms with van der Waals surface area (Å²) in [5, 5.41) is 0. The molecule has 12 heteroatoms. The molecular formula is C25H26ClN5O4S2. The first-order valence-electron chi connectivity index (χ1n) is 12.1. The van der Waals surface area contributed by atoms with E-state index in [-0.39, 0.29) is 24.0 Å². The Bertz CT molecular complexity index is 1480. The molecule has 3 aliphatic rings. The third-order valence-corrected chi connectivity index (χ3v) is 9.68. The number of rotatable bonds is 5. The van der Waals surface area contributed by atoms with Crippen LogP contribution in [-0.2, 0) is 32.6 Å². The quantitative estimate of drug-likeness (QED) is 0.470.